The summed E-state index contributed by atoms with van der Waals surface area (Å²) in [6.07, 6.45) is 10.3. The molecule has 1 aliphatic heterocycles. The molecule has 2 aliphatic carbocycles. The zero-order valence-corrected chi connectivity index (χ0v) is 16.6. The summed E-state index contributed by atoms with van der Waals surface area (Å²) in [4.78, 5) is 25.8. The summed E-state index contributed by atoms with van der Waals surface area (Å²) in [5.74, 6) is 1.52. The van der Waals surface area contributed by atoms with Crippen LogP contribution in [0.5, 0.6) is 0 Å². The molecule has 5 nitrogen and oxygen atoms in total. The second-order valence-corrected chi connectivity index (χ2v) is 9.36. The maximum absolute atomic E-state index is 13.1. The molecule has 3 fully saturated rings. The zero-order chi connectivity index (χ0) is 18.6. The highest BCUT2D eigenvalue weighted by atomic mass is 16.2. The Morgan fingerprint density at radius 1 is 0.962 bits per heavy atom. The Kier molecular flexibility index (Phi) is 6.60. The van der Waals surface area contributed by atoms with Crippen LogP contribution in [0.4, 0.5) is 0 Å². The van der Waals surface area contributed by atoms with E-state index in [1.165, 1.54) is 25.7 Å². The van der Waals surface area contributed by atoms with E-state index in [-0.39, 0.29) is 17.9 Å². The first-order valence-electron chi connectivity index (χ1n) is 10.8. The first-order chi connectivity index (χ1) is 12.5. The molecule has 5 atom stereocenters. The Balaban J connectivity index is 1.56. The van der Waals surface area contributed by atoms with E-state index in [9.17, 15) is 9.59 Å². The van der Waals surface area contributed by atoms with E-state index in [2.05, 4.69) is 29.8 Å². The van der Waals surface area contributed by atoms with Gasteiger partial charge in [0, 0.05) is 25.0 Å². The molecule has 1 heterocycles. The summed E-state index contributed by atoms with van der Waals surface area (Å²) < 4.78 is 0. The Hall–Kier alpha value is -1.10. The van der Waals surface area contributed by atoms with Crippen molar-refractivity contribution in [3.8, 4) is 0 Å². The smallest absolute Gasteiger partial charge is 0.228 e. The number of carbonyl (C=O) groups is 2. The SMILES string of the molecule is CC1CCCC(NC(=O)CC2(C(=O)NC3CCCC(C)C3)CCNC2)C1. The molecule has 0 aromatic heterocycles. The standard InChI is InChI=1S/C21H37N3O2/c1-15-5-3-7-17(11-15)23-19(25)13-21(9-10-22-14-21)20(26)24-18-8-4-6-16(2)12-18/h15-18,22H,3-14H2,1-2H3,(H,23,25)(H,24,26). The van der Waals surface area contributed by atoms with Crippen LogP contribution >= 0.6 is 0 Å². The van der Waals surface area contributed by atoms with Gasteiger partial charge in [-0.2, -0.15) is 0 Å². The van der Waals surface area contributed by atoms with Gasteiger partial charge in [-0.1, -0.05) is 39.5 Å². The zero-order valence-electron chi connectivity index (χ0n) is 16.6. The van der Waals surface area contributed by atoms with Crippen molar-refractivity contribution in [2.75, 3.05) is 13.1 Å². The van der Waals surface area contributed by atoms with Gasteiger partial charge in [0.1, 0.15) is 0 Å². The fraction of sp³-hybridized carbons (Fsp3) is 0.905. The first kappa shape index (κ1) is 19.7. The molecule has 0 radical (unpaired) electrons. The lowest BCUT2D eigenvalue weighted by molar-refractivity contribution is -0.136. The van der Waals surface area contributed by atoms with E-state index in [1.807, 2.05) is 0 Å². The van der Waals surface area contributed by atoms with Gasteiger partial charge in [0.2, 0.25) is 11.8 Å². The molecule has 0 spiro atoms. The van der Waals surface area contributed by atoms with Crippen LogP contribution in [-0.4, -0.2) is 37.0 Å². The van der Waals surface area contributed by atoms with Gasteiger partial charge < -0.3 is 16.0 Å². The fourth-order valence-corrected chi connectivity index (χ4v) is 5.22. The third-order valence-electron chi connectivity index (χ3n) is 6.80. The molecular formula is C21H37N3O2. The molecule has 148 valence electrons. The van der Waals surface area contributed by atoms with Gasteiger partial charge in [0.15, 0.2) is 0 Å². The van der Waals surface area contributed by atoms with Crippen molar-refractivity contribution in [3.05, 3.63) is 0 Å². The van der Waals surface area contributed by atoms with E-state index in [0.29, 0.717) is 30.8 Å². The van der Waals surface area contributed by atoms with Crippen LogP contribution in [0.25, 0.3) is 0 Å². The quantitative estimate of drug-likeness (QED) is 0.703. The molecule has 2 amide bonds. The van der Waals surface area contributed by atoms with E-state index >= 15 is 0 Å². The van der Waals surface area contributed by atoms with Crippen molar-refractivity contribution >= 4 is 11.8 Å². The molecule has 5 unspecified atom stereocenters. The minimum absolute atomic E-state index is 0.0555. The van der Waals surface area contributed by atoms with Crippen molar-refractivity contribution in [2.45, 2.75) is 90.1 Å². The van der Waals surface area contributed by atoms with E-state index in [0.717, 1.165) is 38.6 Å². The van der Waals surface area contributed by atoms with Crippen LogP contribution in [0, 0.1) is 17.3 Å². The average Bonchev–Trinajstić information content (AvgIpc) is 3.04. The first-order valence-corrected chi connectivity index (χ1v) is 10.8. The topological polar surface area (TPSA) is 70.2 Å². The van der Waals surface area contributed by atoms with Gasteiger partial charge in [-0.15, -0.1) is 0 Å². The highest BCUT2D eigenvalue weighted by Gasteiger charge is 2.44. The molecule has 3 N–H and O–H groups in total. The van der Waals surface area contributed by atoms with E-state index in [4.69, 9.17) is 0 Å². The lowest BCUT2D eigenvalue weighted by atomic mass is 9.80. The van der Waals surface area contributed by atoms with Crippen molar-refractivity contribution in [1.82, 2.24) is 16.0 Å². The van der Waals surface area contributed by atoms with Crippen molar-refractivity contribution in [2.24, 2.45) is 17.3 Å². The second-order valence-electron chi connectivity index (χ2n) is 9.36. The number of amides is 2. The Bertz CT molecular complexity index is 501. The predicted molar refractivity (Wildman–Crippen MR) is 104 cm³/mol. The van der Waals surface area contributed by atoms with Crippen LogP contribution < -0.4 is 16.0 Å². The summed E-state index contributed by atoms with van der Waals surface area (Å²) in [6.45, 7) is 5.97. The Morgan fingerprint density at radius 2 is 1.58 bits per heavy atom. The molecule has 26 heavy (non-hydrogen) atoms. The van der Waals surface area contributed by atoms with Gasteiger partial charge in [-0.05, 0) is 50.5 Å². The molecule has 0 bridgehead atoms. The summed E-state index contributed by atoms with van der Waals surface area (Å²) in [5, 5.41) is 9.82. The molecule has 3 rings (SSSR count). The average molecular weight is 364 g/mol. The molecule has 3 aliphatic rings. The highest BCUT2D eigenvalue weighted by Crippen LogP contribution is 2.32. The monoisotopic (exact) mass is 363 g/mol. The number of carbonyl (C=O) groups excluding carboxylic acids is 2. The van der Waals surface area contributed by atoms with Gasteiger partial charge in [0.05, 0.1) is 5.41 Å². The van der Waals surface area contributed by atoms with Gasteiger partial charge >= 0.3 is 0 Å². The molecule has 0 aromatic carbocycles. The van der Waals surface area contributed by atoms with Gasteiger partial charge in [0.25, 0.3) is 0 Å². The molecule has 1 saturated heterocycles. The third-order valence-corrected chi connectivity index (χ3v) is 6.80. The normalized spacial score (nSPS) is 37.9. The van der Waals surface area contributed by atoms with Crippen molar-refractivity contribution < 1.29 is 9.59 Å². The van der Waals surface area contributed by atoms with Crippen LogP contribution in [0.1, 0.15) is 78.1 Å². The minimum atomic E-state index is -0.564. The molecule has 2 saturated carbocycles. The lowest BCUT2D eigenvalue weighted by Crippen LogP contribution is -2.50. The maximum Gasteiger partial charge on any atom is 0.228 e. The number of hydrogen-bond donors (Lipinski definition) is 3. The Morgan fingerprint density at radius 3 is 2.12 bits per heavy atom. The van der Waals surface area contributed by atoms with Gasteiger partial charge in [-0.3, -0.25) is 9.59 Å². The number of rotatable bonds is 5. The van der Waals surface area contributed by atoms with Crippen molar-refractivity contribution in [1.29, 1.82) is 0 Å². The Labute approximate surface area is 158 Å². The maximum atomic E-state index is 13.1. The lowest BCUT2D eigenvalue weighted by Gasteiger charge is -2.33. The van der Waals surface area contributed by atoms with E-state index < -0.39 is 5.41 Å². The van der Waals surface area contributed by atoms with Crippen LogP contribution in [0.15, 0.2) is 0 Å². The highest BCUT2D eigenvalue weighted by molar-refractivity contribution is 5.89. The van der Waals surface area contributed by atoms with Crippen LogP contribution in [-0.2, 0) is 9.59 Å². The van der Waals surface area contributed by atoms with E-state index in [1.54, 1.807) is 0 Å². The predicted octanol–water partition coefficient (Wildman–Crippen LogP) is 2.75. The summed E-state index contributed by atoms with van der Waals surface area (Å²) in [7, 11) is 0. The molecule has 5 heteroatoms. The summed E-state index contributed by atoms with van der Waals surface area (Å²) in [5.41, 5.74) is -0.564. The number of hydrogen-bond acceptors (Lipinski definition) is 3. The third kappa shape index (κ3) is 4.99. The van der Waals surface area contributed by atoms with Gasteiger partial charge in [-0.25, -0.2) is 0 Å². The summed E-state index contributed by atoms with van der Waals surface area (Å²) in [6, 6.07) is 0.575. The number of nitrogens with one attached hydrogen (secondary N) is 3. The molecule has 0 aromatic rings. The minimum Gasteiger partial charge on any atom is -0.353 e. The summed E-state index contributed by atoms with van der Waals surface area (Å²) >= 11 is 0. The van der Waals surface area contributed by atoms with Crippen molar-refractivity contribution in [3.63, 3.8) is 0 Å². The molecular weight excluding hydrogens is 326 g/mol. The fourth-order valence-electron chi connectivity index (χ4n) is 5.22. The van der Waals surface area contributed by atoms with Crippen LogP contribution in [0.3, 0.4) is 0 Å². The largest absolute Gasteiger partial charge is 0.353 e. The van der Waals surface area contributed by atoms with Crippen LogP contribution in [0.2, 0.25) is 0 Å². The second kappa shape index (κ2) is 8.73.